The quantitative estimate of drug-likeness (QED) is 0.368. The first-order valence-corrected chi connectivity index (χ1v) is 12.8. The number of hydrogen-bond acceptors (Lipinski definition) is 9. The Morgan fingerprint density at radius 3 is 2.70 bits per heavy atom. The molecule has 11 heteroatoms. The van der Waals surface area contributed by atoms with Crippen molar-refractivity contribution in [1.29, 1.82) is 0 Å². The summed E-state index contributed by atoms with van der Waals surface area (Å²) in [7, 11) is -3.05. The van der Waals surface area contributed by atoms with E-state index in [1.165, 1.54) is 0 Å². The average Bonchev–Trinajstić information content (AvgIpc) is 3.32. The number of ether oxygens (including phenoxy) is 2. The van der Waals surface area contributed by atoms with Crippen LogP contribution in [0.4, 0.5) is 16.4 Å². The molecule has 0 fully saturated rings. The lowest BCUT2D eigenvalue weighted by Crippen LogP contribution is -2.30. The largest absolute Gasteiger partial charge is 0.477 e. The molecule has 2 heterocycles. The number of hydrogen-bond donors (Lipinski definition) is 3. The van der Waals surface area contributed by atoms with Gasteiger partial charge in [0.2, 0.25) is 11.8 Å². The molecule has 33 heavy (non-hydrogen) atoms. The van der Waals surface area contributed by atoms with E-state index < -0.39 is 15.8 Å². The fourth-order valence-electron chi connectivity index (χ4n) is 2.65. The Hall–Kier alpha value is -3.15. The Balaban J connectivity index is 1.78. The lowest BCUT2D eigenvalue weighted by Gasteiger charge is -2.14. The summed E-state index contributed by atoms with van der Waals surface area (Å²) in [6.07, 6.45) is 0.891. The van der Waals surface area contributed by atoms with Crippen molar-refractivity contribution in [1.82, 2.24) is 14.7 Å². The summed E-state index contributed by atoms with van der Waals surface area (Å²) < 4.78 is 25.6. The molecule has 3 rings (SSSR count). The van der Waals surface area contributed by atoms with E-state index in [-0.39, 0.29) is 19.1 Å². The zero-order valence-corrected chi connectivity index (χ0v) is 19.9. The third kappa shape index (κ3) is 6.67. The number of rotatable bonds is 10. The standard InChI is InChI=1S/C22H26N4O5S2/c1-4-30-22(28)26-33(3,29)17-9-7-16(8-10-17)24-21-23-12-18(19-6-5-11-32-19)20(25-21)31-14-15(2)13-27/h5-12,15,27H,3-4,13-14H2,1-2H3,(H,23,24,25)(H,26,28,29). The van der Waals surface area contributed by atoms with Gasteiger partial charge in [0.25, 0.3) is 0 Å². The van der Waals surface area contributed by atoms with Crippen LogP contribution in [0.1, 0.15) is 13.8 Å². The fraction of sp³-hybridized carbons (Fsp3) is 0.273. The number of nitrogens with zero attached hydrogens (tertiary/aromatic N) is 2. The molecule has 176 valence electrons. The molecular formula is C22H26N4O5S2. The zero-order chi connectivity index (χ0) is 23.8. The van der Waals surface area contributed by atoms with Crippen LogP contribution in [-0.2, 0) is 14.4 Å². The van der Waals surface area contributed by atoms with Crippen molar-refractivity contribution in [2.75, 3.05) is 25.1 Å². The van der Waals surface area contributed by atoms with Crippen LogP contribution >= 0.6 is 11.3 Å². The summed E-state index contributed by atoms with van der Waals surface area (Å²) in [6, 6.07) is 10.4. The summed E-state index contributed by atoms with van der Waals surface area (Å²) >= 11 is 1.55. The van der Waals surface area contributed by atoms with Gasteiger partial charge in [0, 0.05) is 34.2 Å². The van der Waals surface area contributed by atoms with Crippen molar-refractivity contribution in [3.05, 3.63) is 48.0 Å². The number of aliphatic hydroxyl groups is 1. The first-order valence-electron chi connectivity index (χ1n) is 10.2. The van der Waals surface area contributed by atoms with Crippen molar-refractivity contribution in [2.24, 2.45) is 5.92 Å². The summed E-state index contributed by atoms with van der Waals surface area (Å²) in [4.78, 5) is 21.8. The Bertz CT molecular complexity index is 1170. The number of aromatic nitrogens is 2. The Morgan fingerprint density at radius 1 is 1.30 bits per heavy atom. The van der Waals surface area contributed by atoms with Gasteiger partial charge in [0.05, 0.1) is 28.5 Å². The van der Waals surface area contributed by atoms with Crippen molar-refractivity contribution in [3.63, 3.8) is 0 Å². The molecule has 0 radical (unpaired) electrons. The highest BCUT2D eigenvalue weighted by Crippen LogP contribution is 2.32. The minimum Gasteiger partial charge on any atom is -0.477 e. The second-order valence-electron chi connectivity index (χ2n) is 7.14. The number of nitrogens with one attached hydrogen (secondary N) is 2. The van der Waals surface area contributed by atoms with E-state index >= 15 is 0 Å². The molecule has 3 aromatic rings. The molecule has 3 N–H and O–H groups in total. The van der Waals surface area contributed by atoms with Crippen LogP contribution in [0.25, 0.3) is 10.4 Å². The highest BCUT2D eigenvalue weighted by Gasteiger charge is 2.15. The van der Waals surface area contributed by atoms with Crippen LogP contribution in [0.15, 0.2) is 52.9 Å². The maximum Gasteiger partial charge on any atom is 0.418 e. The molecule has 2 atom stereocenters. The molecule has 2 unspecified atom stereocenters. The maximum absolute atomic E-state index is 12.7. The number of thiophene rings is 1. The Labute approximate surface area is 197 Å². The van der Waals surface area contributed by atoms with Gasteiger partial charge in [-0.1, -0.05) is 13.0 Å². The summed E-state index contributed by atoms with van der Waals surface area (Å²) in [6.45, 7) is 4.02. The highest BCUT2D eigenvalue weighted by molar-refractivity contribution is 7.99. The van der Waals surface area contributed by atoms with Gasteiger partial charge in [0.1, 0.15) is 0 Å². The van der Waals surface area contributed by atoms with E-state index in [0.717, 1.165) is 10.4 Å². The maximum atomic E-state index is 12.7. The van der Waals surface area contributed by atoms with Crippen molar-refractivity contribution in [2.45, 2.75) is 18.7 Å². The smallest absolute Gasteiger partial charge is 0.418 e. The SMILES string of the molecule is C=S(=O)(NC(=O)OCC)c1ccc(Nc2ncc(-c3cccs3)c(OCC(C)CO)n2)cc1. The summed E-state index contributed by atoms with van der Waals surface area (Å²) in [5.74, 6) is 4.28. The van der Waals surface area contributed by atoms with Gasteiger partial charge in [0.15, 0.2) is 0 Å². The van der Waals surface area contributed by atoms with Crippen molar-refractivity contribution in [3.8, 4) is 16.3 Å². The van der Waals surface area contributed by atoms with Gasteiger partial charge in [-0.3, -0.25) is 0 Å². The van der Waals surface area contributed by atoms with E-state index in [1.54, 1.807) is 48.7 Å². The molecule has 0 bridgehead atoms. The van der Waals surface area contributed by atoms with Gasteiger partial charge >= 0.3 is 6.09 Å². The monoisotopic (exact) mass is 490 g/mol. The molecule has 1 aromatic carbocycles. The van der Waals surface area contributed by atoms with Crippen LogP contribution in [0.5, 0.6) is 5.88 Å². The molecule has 2 aromatic heterocycles. The number of aliphatic hydroxyl groups excluding tert-OH is 1. The normalized spacial score (nSPS) is 13.5. The third-order valence-corrected chi connectivity index (χ3v) is 6.80. The Kier molecular flexibility index (Phi) is 8.26. The second-order valence-corrected chi connectivity index (χ2v) is 10.1. The predicted octanol–water partition coefficient (Wildman–Crippen LogP) is 3.69. The molecule has 0 saturated heterocycles. The fourth-order valence-corrected chi connectivity index (χ4v) is 4.40. The first-order chi connectivity index (χ1) is 15.8. The van der Waals surface area contributed by atoms with E-state index in [4.69, 9.17) is 9.47 Å². The van der Waals surface area contributed by atoms with E-state index in [0.29, 0.717) is 29.0 Å². The first kappa shape index (κ1) is 24.5. The van der Waals surface area contributed by atoms with Gasteiger partial charge < -0.3 is 19.9 Å². The molecular weight excluding hydrogens is 464 g/mol. The Morgan fingerprint density at radius 2 is 2.06 bits per heavy atom. The third-order valence-electron chi connectivity index (χ3n) is 4.37. The molecule has 0 aliphatic carbocycles. The minimum absolute atomic E-state index is 0.0113. The number of anilines is 2. The lowest BCUT2D eigenvalue weighted by atomic mass is 10.2. The average molecular weight is 491 g/mol. The summed E-state index contributed by atoms with van der Waals surface area (Å²) in [5, 5.41) is 14.3. The molecule has 0 aliphatic heterocycles. The van der Waals surface area contributed by atoms with Gasteiger partial charge in [-0.05, 0) is 48.5 Å². The number of carbonyl (C=O) groups is 1. The van der Waals surface area contributed by atoms with E-state index in [2.05, 4.69) is 25.9 Å². The number of carbonyl (C=O) groups excluding carboxylic acids is 1. The minimum atomic E-state index is -3.05. The van der Waals surface area contributed by atoms with Crippen LogP contribution in [-0.4, -0.2) is 51.1 Å². The molecule has 0 saturated carbocycles. The second kappa shape index (κ2) is 11.1. The molecule has 9 nitrogen and oxygen atoms in total. The molecule has 1 amide bonds. The summed E-state index contributed by atoms with van der Waals surface area (Å²) in [5.41, 5.74) is 1.40. The lowest BCUT2D eigenvalue weighted by molar-refractivity contribution is 0.159. The van der Waals surface area contributed by atoms with Crippen molar-refractivity contribution >= 4 is 44.6 Å². The van der Waals surface area contributed by atoms with Gasteiger partial charge in [-0.15, -0.1) is 11.3 Å². The van der Waals surface area contributed by atoms with Crippen LogP contribution < -0.4 is 14.8 Å². The predicted molar refractivity (Wildman–Crippen MR) is 131 cm³/mol. The topological polar surface area (TPSA) is 123 Å². The van der Waals surface area contributed by atoms with Crippen LogP contribution in [0, 0.1) is 5.92 Å². The van der Waals surface area contributed by atoms with Crippen LogP contribution in [0.3, 0.4) is 0 Å². The molecule has 0 aliphatic rings. The van der Waals surface area contributed by atoms with Crippen LogP contribution in [0.2, 0.25) is 0 Å². The van der Waals surface area contributed by atoms with Gasteiger partial charge in [-0.2, -0.15) is 4.98 Å². The van der Waals surface area contributed by atoms with E-state index in [9.17, 15) is 14.1 Å². The van der Waals surface area contributed by atoms with Gasteiger partial charge in [-0.25, -0.2) is 18.7 Å². The highest BCUT2D eigenvalue weighted by atomic mass is 32.2. The molecule has 0 spiro atoms. The van der Waals surface area contributed by atoms with Crippen molar-refractivity contribution < 1.29 is 23.6 Å². The number of benzene rings is 1. The van der Waals surface area contributed by atoms with E-state index in [1.807, 2.05) is 24.4 Å². The number of amides is 1. The zero-order valence-electron chi connectivity index (χ0n) is 18.3.